The number of benzene rings is 1. The molecule has 9 heteroatoms. The molecule has 3 heterocycles. The summed E-state index contributed by atoms with van der Waals surface area (Å²) in [6, 6.07) is 6.62. The molecular weight excluding hydrogens is 382 g/mol. The van der Waals surface area contributed by atoms with Crippen molar-refractivity contribution in [1.82, 2.24) is 9.97 Å². The number of halogens is 1. The Morgan fingerprint density at radius 2 is 1.86 bits per heavy atom. The number of amides is 2. The Morgan fingerprint density at radius 3 is 2.57 bits per heavy atom. The number of anilines is 3. The third-order valence-electron chi connectivity index (χ3n) is 5.02. The summed E-state index contributed by atoms with van der Waals surface area (Å²) in [5.74, 6) is -1.09. The lowest BCUT2D eigenvalue weighted by molar-refractivity contribution is -0.123. The van der Waals surface area contributed by atoms with Crippen LogP contribution in [0.25, 0.3) is 0 Å². The zero-order valence-corrected chi connectivity index (χ0v) is 15.9. The van der Waals surface area contributed by atoms with Gasteiger partial charge in [-0.3, -0.25) is 19.4 Å². The van der Waals surface area contributed by atoms with Gasteiger partial charge >= 0.3 is 0 Å². The number of nitrogens with zero attached hydrogens (tertiary/aromatic N) is 2. The van der Waals surface area contributed by atoms with Gasteiger partial charge in [0.15, 0.2) is 0 Å². The Balaban J connectivity index is 1.64. The van der Waals surface area contributed by atoms with Crippen molar-refractivity contribution in [3.63, 3.8) is 0 Å². The van der Waals surface area contributed by atoms with E-state index in [0.29, 0.717) is 16.7 Å². The largest absolute Gasteiger partial charge is 0.342 e. The van der Waals surface area contributed by atoms with Crippen LogP contribution in [0.4, 0.5) is 17.5 Å². The minimum absolute atomic E-state index is 0.111. The van der Waals surface area contributed by atoms with Crippen molar-refractivity contribution in [1.29, 1.82) is 0 Å². The van der Waals surface area contributed by atoms with Gasteiger partial charge in [-0.25, -0.2) is 0 Å². The Morgan fingerprint density at radius 1 is 1.14 bits per heavy atom. The summed E-state index contributed by atoms with van der Waals surface area (Å²) in [6.07, 6.45) is 3.09. The number of rotatable bonds is 3. The lowest BCUT2D eigenvalue weighted by atomic mass is 9.92. The van der Waals surface area contributed by atoms with Crippen LogP contribution in [0.3, 0.4) is 0 Å². The lowest BCUT2D eigenvalue weighted by Gasteiger charge is -2.29. The van der Waals surface area contributed by atoms with E-state index in [-0.39, 0.29) is 23.7 Å². The zero-order chi connectivity index (χ0) is 19.7. The van der Waals surface area contributed by atoms with Crippen LogP contribution in [0.15, 0.2) is 29.1 Å². The minimum Gasteiger partial charge on any atom is -0.342 e. The molecule has 0 aliphatic carbocycles. The summed E-state index contributed by atoms with van der Waals surface area (Å²) < 4.78 is 0. The first-order valence-electron chi connectivity index (χ1n) is 9.27. The van der Waals surface area contributed by atoms with Crippen LogP contribution < -0.4 is 21.1 Å². The van der Waals surface area contributed by atoms with Crippen LogP contribution in [0.1, 0.15) is 37.2 Å². The van der Waals surface area contributed by atoms with Crippen molar-refractivity contribution in [2.24, 2.45) is 0 Å². The molecule has 4 rings (SSSR count). The number of aromatic amines is 1. The third kappa shape index (κ3) is 3.73. The van der Waals surface area contributed by atoms with Gasteiger partial charge in [0, 0.05) is 30.2 Å². The molecule has 0 saturated carbocycles. The number of carbonyl (C=O) groups excluding carboxylic acids is 2. The molecule has 0 unspecified atom stereocenters. The number of carbonyl (C=O) groups is 2. The van der Waals surface area contributed by atoms with Crippen molar-refractivity contribution in [3.05, 3.63) is 45.2 Å². The Bertz CT molecular complexity index is 967. The van der Waals surface area contributed by atoms with Crippen molar-refractivity contribution in [3.8, 4) is 0 Å². The highest BCUT2D eigenvalue weighted by Crippen LogP contribution is 2.30. The monoisotopic (exact) mass is 401 g/mol. The molecule has 2 aliphatic heterocycles. The van der Waals surface area contributed by atoms with Gasteiger partial charge in [0.05, 0.1) is 11.5 Å². The summed E-state index contributed by atoms with van der Waals surface area (Å²) >= 11 is 5.86. The first kappa shape index (κ1) is 18.5. The van der Waals surface area contributed by atoms with Crippen LogP contribution >= 0.6 is 11.6 Å². The molecule has 1 aromatic heterocycles. The molecule has 1 atom stereocenters. The number of hydrogen-bond acceptors (Lipinski definition) is 5. The molecule has 0 bridgehead atoms. The fraction of sp³-hybridized carbons (Fsp3) is 0.368. The van der Waals surface area contributed by atoms with Crippen LogP contribution in [0.5, 0.6) is 0 Å². The summed E-state index contributed by atoms with van der Waals surface area (Å²) in [5.41, 5.74) is 0.324. The predicted octanol–water partition coefficient (Wildman–Crippen LogP) is 2.48. The van der Waals surface area contributed by atoms with E-state index < -0.39 is 17.4 Å². The van der Waals surface area contributed by atoms with Gasteiger partial charge in [0.2, 0.25) is 17.8 Å². The fourth-order valence-corrected chi connectivity index (χ4v) is 3.73. The van der Waals surface area contributed by atoms with Crippen molar-refractivity contribution in [2.45, 2.75) is 31.6 Å². The molecule has 146 valence electrons. The van der Waals surface area contributed by atoms with Crippen molar-refractivity contribution in [2.75, 3.05) is 28.6 Å². The second-order valence-electron chi connectivity index (χ2n) is 7.00. The highest BCUT2D eigenvalue weighted by molar-refractivity contribution is 6.30. The van der Waals surface area contributed by atoms with E-state index in [0.717, 1.165) is 32.4 Å². The first-order chi connectivity index (χ1) is 13.5. The van der Waals surface area contributed by atoms with Gasteiger partial charge in [-0.05, 0) is 43.5 Å². The predicted molar refractivity (Wildman–Crippen MR) is 107 cm³/mol. The molecule has 0 spiro atoms. The van der Waals surface area contributed by atoms with E-state index in [9.17, 15) is 14.4 Å². The molecule has 1 fully saturated rings. The Hall–Kier alpha value is -2.87. The second-order valence-corrected chi connectivity index (χ2v) is 7.44. The number of aromatic nitrogens is 2. The van der Waals surface area contributed by atoms with E-state index in [2.05, 4.69) is 20.6 Å². The van der Waals surface area contributed by atoms with Crippen LogP contribution in [0, 0.1) is 0 Å². The summed E-state index contributed by atoms with van der Waals surface area (Å²) in [5, 5.41) is 5.93. The maximum absolute atomic E-state index is 12.8. The number of nitrogens with one attached hydrogen (secondary N) is 3. The molecular formula is C19H20ClN5O3. The quantitative estimate of drug-likeness (QED) is 0.732. The summed E-state index contributed by atoms with van der Waals surface area (Å²) in [7, 11) is 0. The average Bonchev–Trinajstić information content (AvgIpc) is 2.69. The smallest absolute Gasteiger partial charge is 0.258 e. The van der Waals surface area contributed by atoms with Crippen LogP contribution in [-0.4, -0.2) is 34.9 Å². The molecule has 1 aromatic carbocycles. The Kier molecular flexibility index (Phi) is 5.04. The minimum atomic E-state index is -0.911. The van der Waals surface area contributed by atoms with Gasteiger partial charge in [-0.2, -0.15) is 4.98 Å². The Labute approximate surface area is 166 Å². The maximum Gasteiger partial charge on any atom is 0.258 e. The van der Waals surface area contributed by atoms with Crippen LogP contribution in [-0.2, 0) is 9.59 Å². The highest BCUT2D eigenvalue weighted by atomic mass is 35.5. The average molecular weight is 402 g/mol. The number of hydrogen-bond donors (Lipinski definition) is 3. The second kappa shape index (κ2) is 7.63. The standard InChI is InChI=1S/C19H20ClN5O3/c20-11-4-6-12(7-5-11)21-17(27)13-10-14(26)22-16-15(13)18(28)24-19(23-16)25-8-2-1-3-9-25/h4-7,13H,1-3,8-10H2,(H,21,27)(H2,22,23,24,26,28)/t13-/m1/s1. The van der Waals surface area contributed by atoms with E-state index in [1.54, 1.807) is 24.3 Å². The van der Waals surface area contributed by atoms with E-state index in [4.69, 9.17) is 11.6 Å². The molecule has 0 radical (unpaired) electrons. The van der Waals surface area contributed by atoms with Crippen LogP contribution in [0.2, 0.25) is 5.02 Å². The van der Waals surface area contributed by atoms with Gasteiger partial charge in [0.1, 0.15) is 5.82 Å². The van der Waals surface area contributed by atoms with E-state index in [1.807, 2.05) is 4.90 Å². The lowest BCUT2D eigenvalue weighted by Crippen LogP contribution is -2.38. The SMILES string of the molecule is O=C1C[C@@H](C(=O)Nc2ccc(Cl)cc2)c2c(nc(N3CCCCC3)[nH]c2=O)N1. The number of piperidine rings is 1. The number of fused-ring (bicyclic) bond motifs is 1. The molecule has 8 nitrogen and oxygen atoms in total. The van der Waals surface area contributed by atoms with E-state index in [1.165, 1.54) is 0 Å². The van der Waals surface area contributed by atoms with Gasteiger partial charge in [-0.15, -0.1) is 0 Å². The normalized spacial score (nSPS) is 19.0. The topological polar surface area (TPSA) is 107 Å². The summed E-state index contributed by atoms with van der Waals surface area (Å²) in [4.78, 5) is 46.9. The maximum atomic E-state index is 12.8. The van der Waals surface area contributed by atoms with Gasteiger partial charge in [-0.1, -0.05) is 11.6 Å². The fourth-order valence-electron chi connectivity index (χ4n) is 3.60. The molecule has 1 saturated heterocycles. The molecule has 2 aliphatic rings. The molecule has 2 amide bonds. The zero-order valence-electron chi connectivity index (χ0n) is 15.1. The number of H-pyrrole nitrogens is 1. The summed E-state index contributed by atoms with van der Waals surface area (Å²) in [6.45, 7) is 1.60. The highest BCUT2D eigenvalue weighted by Gasteiger charge is 2.35. The van der Waals surface area contributed by atoms with Gasteiger partial charge in [0.25, 0.3) is 5.56 Å². The van der Waals surface area contributed by atoms with Gasteiger partial charge < -0.3 is 15.5 Å². The molecule has 3 N–H and O–H groups in total. The third-order valence-corrected chi connectivity index (χ3v) is 5.27. The molecule has 28 heavy (non-hydrogen) atoms. The van der Waals surface area contributed by atoms with E-state index >= 15 is 0 Å². The first-order valence-corrected chi connectivity index (χ1v) is 9.64. The van der Waals surface area contributed by atoms with Crippen molar-refractivity contribution < 1.29 is 9.59 Å². The van der Waals surface area contributed by atoms with Crippen molar-refractivity contribution >= 4 is 40.9 Å². The molecule has 2 aromatic rings.